The molecule has 1 aliphatic heterocycles. The van der Waals surface area contributed by atoms with Crippen LogP contribution in [0.1, 0.15) is 0 Å². The van der Waals surface area contributed by atoms with Crippen molar-refractivity contribution < 1.29 is 12.3 Å². The van der Waals surface area contributed by atoms with Crippen LogP contribution >= 0.6 is 0 Å². The zero-order chi connectivity index (χ0) is 13.7. The van der Waals surface area contributed by atoms with Gasteiger partial charge in [-0.3, -0.25) is 0 Å². The summed E-state index contributed by atoms with van der Waals surface area (Å²) >= 11 is 0. The molecule has 0 radical (unpaired) electrons. The van der Waals surface area contributed by atoms with Crippen LogP contribution in [-0.4, -0.2) is 45.4 Å². The monoisotopic (exact) mass is 309 g/mol. The summed E-state index contributed by atoms with van der Waals surface area (Å²) in [7, 11) is -5.73. The molecule has 0 aromatic rings. The fraction of sp³-hybridized carbons (Fsp3) is 1.00. The summed E-state index contributed by atoms with van der Waals surface area (Å²) < 4.78 is 21.5. The van der Waals surface area contributed by atoms with Gasteiger partial charge in [-0.2, -0.15) is 0 Å². The van der Waals surface area contributed by atoms with Gasteiger partial charge in [-0.25, -0.2) is 0 Å². The van der Waals surface area contributed by atoms with Crippen molar-refractivity contribution in [3.63, 3.8) is 0 Å². The van der Waals surface area contributed by atoms with E-state index in [-0.39, 0.29) is 0 Å². The van der Waals surface area contributed by atoms with Crippen molar-refractivity contribution in [2.75, 3.05) is 7.05 Å². The van der Waals surface area contributed by atoms with Gasteiger partial charge in [0.05, 0.1) is 0 Å². The molecule has 1 aliphatic rings. The Labute approximate surface area is 110 Å². The van der Waals surface area contributed by atoms with Gasteiger partial charge in [-0.15, -0.1) is 0 Å². The van der Waals surface area contributed by atoms with Crippen molar-refractivity contribution in [1.82, 2.24) is 4.23 Å². The molecule has 0 saturated carbocycles. The molecular weight excluding hydrogens is 282 g/mol. The van der Waals surface area contributed by atoms with E-state index in [1.807, 2.05) is 0 Å². The van der Waals surface area contributed by atoms with Gasteiger partial charge < -0.3 is 16.6 Å². The van der Waals surface area contributed by atoms with Gasteiger partial charge in [0.1, 0.15) is 0 Å². The van der Waals surface area contributed by atoms with Gasteiger partial charge >= 0.3 is 17.1 Å². The molecule has 0 aliphatic carbocycles. The molecule has 0 bridgehead atoms. The summed E-state index contributed by atoms with van der Waals surface area (Å²) in [5.41, 5.74) is 0. The first-order valence-corrected chi connectivity index (χ1v) is 17.5. The van der Waals surface area contributed by atoms with Gasteiger partial charge in [0, 0.05) is 0 Å². The van der Waals surface area contributed by atoms with E-state index in [2.05, 4.69) is 63.7 Å². The van der Waals surface area contributed by atoms with E-state index >= 15 is 0 Å². The summed E-state index contributed by atoms with van der Waals surface area (Å²) in [5.74, 6) is 0. The Hall–Kier alpha value is 0.708. The first kappa shape index (κ1) is 15.8. The van der Waals surface area contributed by atoms with Gasteiger partial charge in [-0.05, 0) is 59.4 Å². The van der Waals surface area contributed by atoms with E-state index in [1.165, 1.54) is 0 Å². The van der Waals surface area contributed by atoms with Gasteiger partial charge in [0.2, 0.25) is 0 Å². The Balaban J connectivity index is 3.12. The summed E-state index contributed by atoms with van der Waals surface area (Å²) in [6.45, 7) is 17.5. The molecule has 8 heteroatoms. The first-order chi connectivity index (χ1) is 7.28. The molecule has 17 heavy (non-hydrogen) atoms. The predicted octanol–water partition coefficient (Wildman–Crippen LogP) is 2.79. The molecule has 0 aromatic carbocycles. The van der Waals surface area contributed by atoms with Crippen LogP contribution in [0.25, 0.3) is 0 Å². The van der Waals surface area contributed by atoms with Crippen LogP contribution in [0.15, 0.2) is 0 Å². The lowest BCUT2D eigenvalue weighted by Gasteiger charge is -2.52. The van der Waals surface area contributed by atoms with E-state index in [4.69, 9.17) is 12.3 Å². The van der Waals surface area contributed by atoms with Crippen molar-refractivity contribution in [3.8, 4) is 0 Å². The summed E-state index contributed by atoms with van der Waals surface area (Å²) in [6.07, 6.45) is 0. The number of rotatable bonds is 0. The zero-order valence-electron chi connectivity index (χ0n) is 12.7. The lowest BCUT2D eigenvalue weighted by atomic mass is 11.6. The van der Waals surface area contributed by atoms with Crippen molar-refractivity contribution in [1.29, 1.82) is 0 Å². The quantitative estimate of drug-likeness (QED) is 0.644. The molecule has 0 N–H and O–H groups in total. The second-order valence-corrected chi connectivity index (χ2v) is 22.2. The van der Waals surface area contributed by atoms with Gasteiger partial charge in [0.25, 0.3) is 17.0 Å². The maximum Gasteiger partial charge on any atom is 0.313 e. The molecule has 0 amide bonds. The van der Waals surface area contributed by atoms with Crippen LogP contribution in [0.2, 0.25) is 52.4 Å². The molecule has 1 rings (SSSR count). The highest BCUT2D eigenvalue weighted by molar-refractivity contribution is 6.95. The van der Waals surface area contributed by atoms with E-state index in [0.29, 0.717) is 0 Å². The van der Waals surface area contributed by atoms with Crippen LogP contribution in [0.5, 0.6) is 0 Å². The Morgan fingerprint density at radius 1 is 0.588 bits per heavy atom. The summed E-state index contributed by atoms with van der Waals surface area (Å²) in [5, 5.41) is 0. The van der Waals surface area contributed by atoms with Crippen molar-refractivity contribution in [3.05, 3.63) is 0 Å². The third kappa shape index (κ3) is 3.83. The highest BCUT2D eigenvalue weighted by Crippen LogP contribution is 2.31. The molecule has 4 nitrogen and oxygen atoms in total. The first-order valence-electron chi connectivity index (χ1n) is 6.12. The highest BCUT2D eigenvalue weighted by Gasteiger charge is 2.52. The lowest BCUT2D eigenvalue weighted by molar-refractivity contribution is 0.282. The third-order valence-corrected chi connectivity index (χ3v) is 21.4. The Bertz CT molecular complexity index is 279. The number of nitrogens with zero attached hydrogens (tertiary/aromatic N) is 1. The van der Waals surface area contributed by atoms with Crippen LogP contribution in [0, 0.1) is 0 Å². The lowest BCUT2D eigenvalue weighted by Crippen LogP contribution is -2.71. The topological polar surface area (TPSA) is 30.9 Å². The normalized spacial score (nSPS) is 31.6. The third-order valence-electron chi connectivity index (χ3n) is 3.10. The second-order valence-electron chi connectivity index (χ2n) is 6.56. The molecule has 1 fully saturated rings. The fourth-order valence-electron chi connectivity index (χ4n) is 2.62. The molecule has 0 aromatic heterocycles. The van der Waals surface area contributed by atoms with Gasteiger partial charge in [-0.1, -0.05) is 0 Å². The Morgan fingerprint density at radius 3 is 1.18 bits per heavy atom. The molecule has 0 spiro atoms. The molecule has 1 saturated heterocycles. The summed E-state index contributed by atoms with van der Waals surface area (Å²) in [6, 6.07) is 0. The SMILES string of the molecule is CN1[Si](C)(C)O[Si](C)(C)O[Si](C)(C)O[Si]1(C)C. The van der Waals surface area contributed by atoms with E-state index in [9.17, 15) is 0 Å². The maximum absolute atomic E-state index is 6.42. The predicted molar refractivity (Wildman–Crippen MR) is 80.9 cm³/mol. The van der Waals surface area contributed by atoms with Gasteiger partial charge in [0.15, 0.2) is 0 Å². The standard InChI is InChI=1S/C9H27NO3Si4/c1-10-14(2,3)11-16(6,7)13-17(8,9)12-15(10,4)5/h1-9H3. The van der Waals surface area contributed by atoms with Crippen LogP contribution < -0.4 is 0 Å². The van der Waals surface area contributed by atoms with Crippen molar-refractivity contribution in [2.24, 2.45) is 0 Å². The van der Waals surface area contributed by atoms with E-state index in [1.54, 1.807) is 0 Å². The van der Waals surface area contributed by atoms with E-state index < -0.39 is 34.1 Å². The average molecular weight is 310 g/mol. The Kier molecular flexibility index (Phi) is 4.05. The summed E-state index contributed by atoms with van der Waals surface area (Å²) in [4.78, 5) is 0. The molecule has 0 unspecified atom stereocenters. The minimum atomic E-state index is -2.07. The maximum atomic E-state index is 6.42. The Morgan fingerprint density at radius 2 is 0.882 bits per heavy atom. The molecular formula is C9H27NO3Si4. The average Bonchev–Trinajstić information content (AvgIpc) is 1.93. The number of hydrogen-bond acceptors (Lipinski definition) is 4. The molecule has 0 atom stereocenters. The van der Waals surface area contributed by atoms with E-state index in [0.717, 1.165) is 0 Å². The largest absolute Gasteiger partial charge is 0.425 e. The minimum absolute atomic E-state index is 1.88. The van der Waals surface area contributed by atoms with Crippen LogP contribution in [0.4, 0.5) is 0 Å². The van der Waals surface area contributed by atoms with Crippen LogP contribution in [0.3, 0.4) is 0 Å². The fourth-order valence-corrected chi connectivity index (χ4v) is 25.2. The minimum Gasteiger partial charge on any atom is -0.425 e. The highest BCUT2D eigenvalue weighted by atomic mass is 28.5. The smallest absolute Gasteiger partial charge is 0.313 e. The van der Waals surface area contributed by atoms with Crippen molar-refractivity contribution >= 4 is 34.1 Å². The van der Waals surface area contributed by atoms with Crippen LogP contribution in [-0.2, 0) is 12.3 Å². The molecule has 1 heterocycles. The van der Waals surface area contributed by atoms with Crippen molar-refractivity contribution in [2.45, 2.75) is 52.4 Å². The number of hydrogen-bond donors (Lipinski definition) is 0. The zero-order valence-corrected chi connectivity index (χ0v) is 16.7. The second kappa shape index (κ2) is 4.37. The molecule has 102 valence electrons.